The number of likely N-dealkylation sites (tertiary alicyclic amines) is 1. The Kier molecular flexibility index (Phi) is 5.29. The van der Waals surface area contributed by atoms with Gasteiger partial charge in [0.05, 0.1) is 24.3 Å². The van der Waals surface area contributed by atoms with Gasteiger partial charge in [-0.2, -0.15) is 0 Å². The predicted octanol–water partition coefficient (Wildman–Crippen LogP) is 2.05. The second kappa shape index (κ2) is 7.69. The molecular weight excluding hydrogens is 416 g/mol. The van der Waals surface area contributed by atoms with Crippen LogP contribution in [0.15, 0.2) is 22.7 Å². The number of halogens is 1. The topological polar surface area (TPSA) is 76.2 Å². The van der Waals surface area contributed by atoms with Crippen LogP contribution in [0.1, 0.15) is 40.0 Å². The summed E-state index contributed by atoms with van der Waals surface area (Å²) >= 11 is 3.32. The number of fused-ring (bicyclic) bond motifs is 1. The van der Waals surface area contributed by atoms with Crippen molar-refractivity contribution in [3.8, 4) is 0 Å². The molecule has 1 aromatic carbocycles. The molecule has 0 aromatic heterocycles. The van der Waals surface area contributed by atoms with Gasteiger partial charge in [0.2, 0.25) is 5.91 Å². The van der Waals surface area contributed by atoms with Crippen LogP contribution in [0.4, 0.5) is 0 Å². The third kappa shape index (κ3) is 3.66. The number of ether oxygens (including phenoxy) is 2. The summed E-state index contributed by atoms with van der Waals surface area (Å²) in [5.74, 6) is -0.367. The monoisotopic (exact) mass is 436 g/mol. The molecule has 144 valence electrons. The highest BCUT2D eigenvalue weighted by Gasteiger charge is 2.36. The van der Waals surface area contributed by atoms with Crippen LogP contribution in [0, 0.1) is 5.92 Å². The highest BCUT2D eigenvalue weighted by Crippen LogP contribution is 2.28. The number of rotatable bonds is 4. The van der Waals surface area contributed by atoms with Gasteiger partial charge in [0.25, 0.3) is 11.8 Å². The third-order valence-electron chi connectivity index (χ3n) is 5.41. The summed E-state index contributed by atoms with van der Waals surface area (Å²) < 4.78 is 11.9. The Labute approximate surface area is 165 Å². The summed E-state index contributed by atoms with van der Waals surface area (Å²) in [6, 6.07) is 5.02. The first kappa shape index (κ1) is 18.6. The molecule has 8 heteroatoms. The van der Waals surface area contributed by atoms with Gasteiger partial charge < -0.3 is 14.4 Å². The van der Waals surface area contributed by atoms with E-state index in [1.54, 1.807) is 23.1 Å². The molecule has 0 N–H and O–H groups in total. The van der Waals surface area contributed by atoms with Crippen molar-refractivity contribution in [2.45, 2.75) is 25.6 Å². The van der Waals surface area contributed by atoms with E-state index < -0.39 is 0 Å². The highest BCUT2D eigenvalue weighted by atomic mass is 79.9. The number of amides is 3. The molecule has 3 aliphatic rings. The third-order valence-corrected chi connectivity index (χ3v) is 5.90. The molecule has 0 atom stereocenters. The number of carbonyl (C=O) groups excluding carboxylic acids is 3. The van der Waals surface area contributed by atoms with Crippen LogP contribution in [0.25, 0.3) is 0 Å². The second-order valence-electron chi connectivity index (χ2n) is 7.03. The first-order chi connectivity index (χ1) is 13.0. The Morgan fingerprint density at radius 3 is 2.44 bits per heavy atom. The molecule has 0 aliphatic carbocycles. The number of piperidine rings is 1. The van der Waals surface area contributed by atoms with Gasteiger partial charge in [-0.05, 0) is 31.0 Å². The van der Waals surface area contributed by atoms with Crippen molar-refractivity contribution in [1.82, 2.24) is 9.80 Å². The minimum atomic E-state index is -0.335. The molecule has 0 unspecified atom stereocenters. The number of nitrogens with zero attached hydrogens (tertiary/aromatic N) is 2. The van der Waals surface area contributed by atoms with E-state index in [2.05, 4.69) is 15.9 Å². The summed E-state index contributed by atoms with van der Waals surface area (Å²) in [7, 11) is 0. The first-order valence-electron chi connectivity index (χ1n) is 9.21. The predicted molar refractivity (Wildman–Crippen MR) is 99.1 cm³/mol. The van der Waals surface area contributed by atoms with E-state index in [-0.39, 0.29) is 37.0 Å². The van der Waals surface area contributed by atoms with Crippen molar-refractivity contribution >= 4 is 33.7 Å². The van der Waals surface area contributed by atoms with Crippen LogP contribution in [-0.4, -0.2) is 66.7 Å². The quantitative estimate of drug-likeness (QED) is 0.675. The normalized spacial score (nSPS) is 21.2. The van der Waals surface area contributed by atoms with Crippen molar-refractivity contribution in [1.29, 1.82) is 0 Å². The fourth-order valence-corrected chi connectivity index (χ4v) is 4.26. The molecule has 1 aromatic rings. The van der Waals surface area contributed by atoms with Crippen molar-refractivity contribution < 1.29 is 23.9 Å². The van der Waals surface area contributed by atoms with E-state index in [1.165, 1.54) is 4.90 Å². The maximum atomic E-state index is 12.5. The highest BCUT2D eigenvalue weighted by molar-refractivity contribution is 9.10. The van der Waals surface area contributed by atoms with Gasteiger partial charge in [0, 0.05) is 36.4 Å². The van der Waals surface area contributed by atoms with Gasteiger partial charge in [-0.1, -0.05) is 15.9 Å². The fraction of sp³-hybridized carbons (Fsp3) is 0.526. The van der Waals surface area contributed by atoms with Crippen LogP contribution in [-0.2, 0) is 14.3 Å². The van der Waals surface area contributed by atoms with E-state index in [4.69, 9.17) is 9.47 Å². The summed E-state index contributed by atoms with van der Waals surface area (Å²) in [6.07, 6.45) is 1.70. The van der Waals surface area contributed by atoms with Gasteiger partial charge in [-0.3, -0.25) is 19.3 Å². The standard InChI is InChI=1S/C19H21BrN2O5/c20-13-1-2-14-15(11-13)18(25)22(17(14)24)8-5-16(23)21-6-3-12(4-7-21)19-26-9-10-27-19/h1-2,11-12,19H,3-10H2. The van der Waals surface area contributed by atoms with E-state index in [9.17, 15) is 14.4 Å². The molecule has 7 nitrogen and oxygen atoms in total. The number of hydrogen-bond acceptors (Lipinski definition) is 5. The summed E-state index contributed by atoms with van der Waals surface area (Å²) in [5.41, 5.74) is 0.784. The zero-order valence-electron chi connectivity index (χ0n) is 14.9. The fourth-order valence-electron chi connectivity index (χ4n) is 3.90. The number of carbonyl (C=O) groups is 3. The average Bonchev–Trinajstić information content (AvgIpc) is 3.29. The Morgan fingerprint density at radius 2 is 1.74 bits per heavy atom. The minimum absolute atomic E-state index is 0.0283. The van der Waals surface area contributed by atoms with Crippen molar-refractivity contribution in [3.63, 3.8) is 0 Å². The number of benzene rings is 1. The van der Waals surface area contributed by atoms with Crippen LogP contribution in [0.3, 0.4) is 0 Å². The van der Waals surface area contributed by atoms with Crippen LogP contribution < -0.4 is 0 Å². The molecule has 0 saturated carbocycles. The molecule has 3 amide bonds. The van der Waals surface area contributed by atoms with Gasteiger partial charge >= 0.3 is 0 Å². The molecule has 3 aliphatic heterocycles. The smallest absolute Gasteiger partial charge is 0.261 e. The number of hydrogen-bond donors (Lipinski definition) is 0. The van der Waals surface area contributed by atoms with Gasteiger partial charge in [-0.25, -0.2) is 0 Å². The molecule has 27 heavy (non-hydrogen) atoms. The average molecular weight is 437 g/mol. The van der Waals surface area contributed by atoms with Gasteiger partial charge in [0.15, 0.2) is 6.29 Å². The number of imide groups is 1. The largest absolute Gasteiger partial charge is 0.350 e. The Bertz CT molecular complexity index is 769. The lowest BCUT2D eigenvalue weighted by molar-refractivity contribution is -0.136. The lowest BCUT2D eigenvalue weighted by Gasteiger charge is -2.34. The molecule has 0 bridgehead atoms. The molecule has 2 fully saturated rings. The maximum Gasteiger partial charge on any atom is 0.261 e. The summed E-state index contributed by atoms with van der Waals surface area (Å²) in [5, 5.41) is 0. The molecule has 0 spiro atoms. The Hall–Kier alpha value is -1.77. The Morgan fingerprint density at radius 1 is 1.07 bits per heavy atom. The zero-order valence-corrected chi connectivity index (χ0v) is 16.4. The van der Waals surface area contributed by atoms with Crippen molar-refractivity contribution in [3.05, 3.63) is 33.8 Å². The SMILES string of the molecule is O=C(CCN1C(=O)c2ccc(Br)cc2C1=O)N1CCC(C2OCCO2)CC1. The van der Waals surface area contributed by atoms with E-state index in [0.29, 0.717) is 43.3 Å². The molecule has 0 radical (unpaired) electrons. The maximum absolute atomic E-state index is 12.5. The molecule has 2 saturated heterocycles. The minimum Gasteiger partial charge on any atom is -0.350 e. The molecule has 4 rings (SSSR count). The molecule has 3 heterocycles. The van der Waals surface area contributed by atoms with Crippen molar-refractivity contribution in [2.75, 3.05) is 32.8 Å². The van der Waals surface area contributed by atoms with E-state index in [1.807, 2.05) is 0 Å². The van der Waals surface area contributed by atoms with Crippen molar-refractivity contribution in [2.24, 2.45) is 5.92 Å². The van der Waals surface area contributed by atoms with E-state index in [0.717, 1.165) is 17.3 Å². The van der Waals surface area contributed by atoms with Crippen LogP contribution in [0.5, 0.6) is 0 Å². The zero-order chi connectivity index (χ0) is 19.0. The Balaban J connectivity index is 1.30. The lowest BCUT2D eigenvalue weighted by Crippen LogP contribution is -2.43. The van der Waals surface area contributed by atoms with Crippen LogP contribution in [0.2, 0.25) is 0 Å². The first-order valence-corrected chi connectivity index (χ1v) is 10.0. The summed E-state index contributed by atoms with van der Waals surface area (Å²) in [6.45, 7) is 2.70. The van der Waals surface area contributed by atoms with E-state index >= 15 is 0 Å². The second-order valence-corrected chi connectivity index (χ2v) is 7.95. The summed E-state index contributed by atoms with van der Waals surface area (Å²) in [4.78, 5) is 40.4. The van der Waals surface area contributed by atoms with Crippen LogP contribution >= 0.6 is 15.9 Å². The van der Waals surface area contributed by atoms with Gasteiger partial charge in [-0.15, -0.1) is 0 Å². The lowest BCUT2D eigenvalue weighted by atomic mass is 9.96. The molecular formula is C19H21BrN2O5. The van der Waals surface area contributed by atoms with Gasteiger partial charge in [0.1, 0.15) is 0 Å².